The van der Waals surface area contributed by atoms with Crippen molar-refractivity contribution < 1.29 is 29.3 Å². The number of esters is 1. The molecule has 2 atom stereocenters. The molecule has 0 fully saturated rings. The van der Waals surface area contributed by atoms with Crippen LogP contribution in [0.3, 0.4) is 0 Å². The van der Waals surface area contributed by atoms with Gasteiger partial charge in [0.25, 0.3) is 0 Å². The summed E-state index contributed by atoms with van der Waals surface area (Å²) in [6, 6.07) is 0. The van der Waals surface area contributed by atoms with E-state index in [1.165, 1.54) is 0 Å². The highest BCUT2D eigenvalue weighted by Crippen LogP contribution is 2.26. The number of ether oxygens (including phenoxy) is 1. The monoisotopic (exact) mass is 298 g/mol. The number of carboxylic acids is 1. The number of aliphatic carboxylic acids is 1. The number of rotatable bonds is 9. The quantitative estimate of drug-likeness (QED) is 0.500. The van der Waals surface area contributed by atoms with E-state index in [9.17, 15) is 19.5 Å². The maximum absolute atomic E-state index is 12.0. The highest BCUT2D eigenvalue weighted by molar-refractivity contribution is 6.19. The van der Waals surface area contributed by atoms with Gasteiger partial charge in [0.05, 0.1) is 6.42 Å². The molecule has 0 aromatic carbocycles. The van der Waals surface area contributed by atoms with Gasteiger partial charge in [-0.2, -0.15) is 0 Å². The van der Waals surface area contributed by atoms with E-state index in [-0.39, 0.29) is 12.0 Å². The second-order valence-corrected chi connectivity index (χ2v) is 5.46. The van der Waals surface area contributed by atoms with E-state index >= 15 is 0 Å². The van der Waals surface area contributed by atoms with Gasteiger partial charge in [0.15, 0.2) is 17.6 Å². The van der Waals surface area contributed by atoms with Gasteiger partial charge in [-0.1, -0.05) is 33.1 Å². The summed E-state index contributed by atoms with van der Waals surface area (Å²) in [5.41, 5.74) is -0.385. The van der Waals surface area contributed by atoms with Crippen molar-refractivity contribution in [1.82, 2.24) is 0 Å². The van der Waals surface area contributed by atoms with Crippen LogP contribution in [0.1, 0.15) is 52.4 Å². The molecule has 0 saturated carbocycles. The van der Waals surface area contributed by atoms with E-state index in [4.69, 9.17) is 9.84 Å². The average molecular weight is 298 g/mol. The molecule has 118 valence electrons. The van der Waals surface area contributed by atoms with Crippen LogP contribution in [0.4, 0.5) is 0 Å². The molecular formula is C15H22O6. The number of aliphatic hydroxyl groups is 1. The lowest BCUT2D eigenvalue weighted by atomic mass is 9.95. The number of aliphatic hydroxyl groups excluding tert-OH is 1. The smallest absolute Gasteiger partial charge is 0.346 e. The molecule has 2 N–H and O–H groups in total. The Morgan fingerprint density at radius 2 is 2.00 bits per heavy atom. The van der Waals surface area contributed by atoms with Gasteiger partial charge in [-0.05, 0) is 12.3 Å². The summed E-state index contributed by atoms with van der Waals surface area (Å²) in [6.45, 7) is 4.13. The maximum Gasteiger partial charge on any atom is 0.346 e. The lowest BCUT2D eigenvalue weighted by Gasteiger charge is -2.09. The zero-order valence-electron chi connectivity index (χ0n) is 12.4. The van der Waals surface area contributed by atoms with Crippen molar-refractivity contribution in [1.29, 1.82) is 0 Å². The van der Waals surface area contributed by atoms with Gasteiger partial charge < -0.3 is 14.9 Å². The molecular weight excluding hydrogens is 276 g/mol. The molecule has 0 aromatic heterocycles. The van der Waals surface area contributed by atoms with Crippen LogP contribution in [0, 0.1) is 5.92 Å². The van der Waals surface area contributed by atoms with Gasteiger partial charge in [-0.15, -0.1) is 0 Å². The fourth-order valence-corrected chi connectivity index (χ4v) is 2.26. The van der Waals surface area contributed by atoms with Crippen molar-refractivity contribution in [3.63, 3.8) is 0 Å². The van der Waals surface area contributed by atoms with Gasteiger partial charge in [-0.3, -0.25) is 9.59 Å². The van der Waals surface area contributed by atoms with E-state index in [1.807, 2.05) is 6.92 Å². The number of hydrogen-bond acceptors (Lipinski definition) is 5. The summed E-state index contributed by atoms with van der Waals surface area (Å²) in [5, 5.41) is 18.4. The third-order valence-corrected chi connectivity index (χ3v) is 3.57. The van der Waals surface area contributed by atoms with Crippen molar-refractivity contribution in [3.8, 4) is 0 Å². The molecule has 6 heteroatoms. The van der Waals surface area contributed by atoms with Gasteiger partial charge in [-0.25, -0.2) is 4.79 Å². The fraction of sp³-hybridized carbons (Fsp3) is 0.667. The third-order valence-electron chi connectivity index (χ3n) is 3.57. The Bertz CT molecular complexity index is 451. The predicted octanol–water partition coefficient (Wildman–Crippen LogP) is 2.37. The average Bonchev–Trinajstić information content (AvgIpc) is 2.67. The lowest BCUT2D eigenvalue weighted by molar-refractivity contribution is -0.145. The van der Waals surface area contributed by atoms with Gasteiger partial charge in [0.1, 0.15) is 5.57 Å². The largest absolute Gasteiger partial charge is 0.507 e. The second kappa shape index (κ2) is 7.81. The Kier molecular flexibility index (Phi) is 6.39. The Balaban J connectivity index is 2.61. The van der Waals surface area contributed by atoms with E-state index in [0.29, 0.717) is 12.3 Å². The highest BCUT2D eigenvalue weighted by Gasteiger charge is 2.38. The fourth-order valence-electron chi connectivity index (χ4n) is 2.26. The number of unbranched alkanes of at least 4 members (excludes halogenated alkanes) is 1. The van der Waals surface area contributed by atoms with Crippen LogP contribution < -0.4 is 0 Å². The van der Waals surface area contributed by atoms with E-state index < -0.39 is 36.0 Å². The number of carbonyl (C=O) groups excluding carboxylic acids is 2. The number of carbonyl (C=O) groups is 3. The van der Waals surface area contributed by atoms with Gasteiger partial charge in [0, 0.05) is 6.42 Å². The Morgan fingerprint density at radius 3 is 2.57 bits per heavy atom. The summed E-state index contributed by atoms with van der Waals surface area (Å²) >= 11 is 0. The molecule has 6 nitrogen and oxygen atoms in total. The Labute approximate surface area is 123 Å². The molecule has 0 radical (unpaired) electrons. The Morgan fingerprint density at radius 1 is 1.33 bits per heavy atom. The number of hydrogen-bond donors (Lipinski definition) is 2. The number of cyclic esters (lactones) is 1. The number of carboxylic acid groups (broad SMARTS) is 1. The summed E-state index contributed by atoms with van der Waals surface area (Å²) < 4.78 is 4.73. The molecule has 0 saturated heterocycles. The minimum absolute atomic E-state index is 0.152. The van der Waals surface area contributed by atoms with Crippen LogP contribution in [0.5, 0.6) is 0 Å². The van der Waals surface area contributed by atoms with Crippen LogP contribution in [0.2, 0.25) is 0 Å². The zero-order valence-corrected chi connectivity index (χ0v) is 12.4. The molecule has 2 unspecified atom stereocenters. The van der Waals surface area contributed by atoms with Crippen LogP contribution >= 0.6 is 0 Å². The molecule has 0 aliphatic carbocycles. The normalized spacial score (nSPS) is 19.5. The van der Waals surface area contributed by atoms with Crippen LogP contribution in [-0.4, -0.2) is 34.0 Å². The summed E-state index contributed by atoms with van der Waals surface area (Å²) in [7, 11) is 0. The maximum atomic E-state index is 12.0. The SMILES string of the molecule is CCCCC(C)CCC(=O)C1=C(O)C(CC(=O)O)OC1=O. The van der Waals surface area contributed by atoms with Crippen molar-refractivity contribution >= 4 is 17.7 Å². The van der Waals surface area contributed by atoms with Gasteiger partial charge in [0.2, 0.25) is 0 Å². The first kappa shape index (κ1) is 17.2. The lowest BCUT2D eigenvalue weighted by Crippen LogP contribution is -2.16. The van der Waals surface area contributed by atoms with Crippen molar-refractivity contribution in [2.24, 2.45) is 5.92 Å². The molecule has 0 aromatic rings. The summed E-state index contributed by atoms with van der Waals surface area (Å²) in [4.78, 5) is 34.2. The van der Waals surface area contributed by atoms with Crippen molar-refractivity contribution in [3.05, 3.63) is 11.3 Å². The summed E-state index contributed by atoms with van der Waals surface area (Å²) in [6.07, 6.45) is 2.19. The molecule has 0 amide bonds. The topological polar surface area (TPSA) is 101 Å². The molecule has 1 aliphatic heterocycles. The molecule has 21 heavy (non-hydrogen) atoms. The predicted molar refractivity (Wildman–Crippen MR) is 74.7 cm³/mol. The van der Waals surface area contributed by atoms with Crippen molar-refractivity contribution in [2.45, 2.75) is 58.5 Å². The van der Waals surface area contributed by atoms with Gasteiger partial charge >= 0.3 is 11.9 Å². The van der Waals surface area contributed by atoms with Crippen LogP contribution in [0.25, 0.3) is 0 Å². The Hall–Kier alpha value is -1.85. The number of ketones is 1. The van der Waals surface area contributed by atoms with E-state index in [2.05, 4.69) is 6.92 Å². The zero-order chi connectivity index (χ0) is 16.0. The second-order valence-electron chi connectivity index (χ2n) is 5.46. The number of Topliss-reactive ketones (excluding diaryl/α,β-unsaturated/α-hetero) is 1. The summed E-state index contributed by atoms with van der Waals surface area (Å²) in [5.74, 6) is -2.79. The first-order valence-electron chi connectivity index (χ1n) is 7.25. The molecule has 1 heterocycles. The first-order valence-corrected chi connectivity index (χ1v) is 7.25. The van der Waals surface area contributed by atoms with Crippen LogP contribution in [0.15, 0.2) is 11.3 Å². The van der Waals surface area contributed by atoms with E-state index in [1.54, 1.807) is 0 Å². The molecule has 1 rings (SSSR count). The molecule has 1 aliphatic rings. The minimum Gasteiger partial charge on any atom is -0.507 e. The molecule has 0 bridgehead atoms. The highest BCUT2D eigenvalue weighted by atomic mass is 16.6. The van der Waals surface area contributed by atoms with E-state index in [0.717, 1.165) is 19.3 Å². The standard InChI is InChI=1S/C15H22O6/c1-3-4-5-9(2)6-7-10(16)13-14(19)11(8-12(17)18)21-15(13)20/h9,11,19H,3-8H2,1-2H3,(H,17,18). The van der Waals surface area contributed by atoms with Crippen molar-refractivity contribution in [2.75, 3.05) is 0 Å². The minimum atomic E-state index is -1.24. The molecule has 0 spiro atoms. The third kappa shape index (κ3) is 4.88. The first-order chi connectivity index (χ1) is 9.86. The van der Waals surface area contributed by atoms with Crippen LogP contribution in [-0.2, 0) is 19.1 Å².